The summed E-state index contributed by atoms with van der Waals surface area (Å²) in [5.41, 5.74) is 2.28. The Hall–Kier alpha value is -4.09. The van der Waals surface area contributed by atoms with Crippen LogP contribution in [-0.2, 0) is 9.47 Å². The van der Waals surface area contributed by atoms with Crippen LogP contribution >= 0.6 is 0 Å². The maximum absolute atomic E-state index is 12.7. The topological polar surface area (TPSA) is 125 Å². The van der Waals surface area contributed by atoms with Gasteiger partial charge in [0.1, 0.15) is 29.5 Å². The Balaban J connectivity index is 1.19. The molecule has 0 bridgehead atoms. The highest BCUT2D eigenvalue weighted by atomic mass is 16.6. The summed E-state index contributed by atoms with van der Waals surface area (Å²) in [5.74, 6) is 2.41. The highest BCUT2D eigenvalue weighted by molar-refractivity contribution is 5.90. The van der Waals surface area contributed by atoms with E-state index >= 15 is 0 Å². The molecule has 0 aliphatic carbocycles. The van der Waals surface area contributed by atoms with Crippen LogP contribution in [0.25, 0.3) is 11.3 Å². The van der Waals surface area contributed by atoms with Crippen molar-refractivity contribution in [2.24, 2.45) is 0 Å². The third kappa shape index (κ3) is 5.52. The van der Waals surface area contributed by atoms with Gasteiger partial charge >= 0.3 is 6.03 Å². The predicted octanol–water partition coefficient (Wildman–Crippen LogP) is 2.94. The number of carbonyl (C=O) groups excluding carboxylic acids is 1. The summed E-state index contributed by atoms with van der Waals surface area (Å²) in [4.78, 5) is 21.7. The fourth-order valence-corrected chi connectivity index (χ4v) is 4.48. The van der Waals surface area contributed by atoms with E-state index < -0.39 is 0 Å². The molecule has 3 heterocycles. The molecule has 2 aliphatic rings. The molecular weight excluding hydrogens is 478 g/mol. The van der Waals surface area contributed by atoms with Crippen molar-refractivity contribution in [2.45, 2.75) is 24.3 Å². The van der Waals surface area contributed by atoms with Crippen molar-refractivity contribution < 1.29 is 28.5 Å². The van der Waals surface area contributed by atoms with Crippen molar-refractivity contribution in [2.75, 3.05) is 45.2 Å². The van der Waals surface area contributed by atoms with E-state index in [1.165, 1.54) is 0 Å². The summed E-state index contributed by atoms with van der Waals surface area (Å²) >= 11 is 0. The van der Waals surface area contributed by atoms with Gasteiger partial charge < -0.3 is 39.6 Å². The molecule has 2 aliphatic heterocycles. The predicted molar refractivity (Wildman–Crippen MR) is 136 cm³/mol. The standard InChI is InChI=1S/C26H29N5O6/c1-33-17-6-4-15(5-7-17)20-8-9-27-25(29-20)30-21-13-36-24-22(14-37-23(21)24)31-26(32)28-16-10-18(34-2)12-19(11-16)35-3/h4-12,21-24H,13-14H2,1-3H3,(H,27,29,30)(H2,28,31,32). The van der Waals surface area contributed by atoms with Crippen molar-refractivity contribution in [3.63, 3.8) is 0 Å². The van der Waals surface area contributed by atoms with Crippen molar-refractivity contribution in [1.82, 2.24) is 15.3 Å². The molecule has 37 heavy (non-hydrogen) atoms. The van der Waals surface area contributed by atoms with Gasteiger partial charge in [-0.2, -0.15) is 0 Å². The molecular formula is C26H29N5O6. The number of aromatic nitrogens is 2. The number of methoxy groups -OCH3 is 3. The molecule has 11 nitrogen and oxygen atoms in total. The molecule has 2 amide bonds. The van der Waals surface area contributed by atoms with Crippen LogP contribution in [0.2, 0.25) is 0 Å². The van der Waals surface area contributed by atoms with Crippen molar-refractivity contribution in [1.29, 1.82) is 0 Å². The molecule has 3 aromatic rings. The van der Waals surface area contributed by atoms with E-state index in [0.717, 1.165) is 17.0 Å². The Labute approximate surface area is 214 Å². The third-order valence-electron chi connectivity index (χ3n) is 6.34. The molecule has 0 spiro atoms. The first-order valence-electron chi connectivity index (χ1n) is 11.8. The van der Waals surface area contributed by atoms with E-state index in [1.54, 1.807) is 45.7 Å². The van der Waals surface area contributed by atoms with E-state index in [4.69, 9.17) is 23.7 Å². The lowest BCUT2D eigenvalue weighted by molar-refractivity contribution is 0.0683. The number of amides is 2. The monoisotopic (exact) mass is 507 g/mol. The Morgan fingerprint density at radius 3 is 2.19 bits per heavy atom. The number of urea groups is 1. The normalized spacial score (nSPS) is 22.1. The second-order valence-corrected chi connectivity index (χ2v) is 8.65. The second kappa shape index (κ2) is 10.9. The molecule has 1 aromatic heterocycles. The van der Waals surface area contributed by atoms with Gasteiger partial charge in [-0.25, -0.2) is 14.8 Å². The van der Waals surface area contributed by atoms with Crippen molar-refractivity contribution >= 4 is 17.7 Å². The largest absolute Gasteiger partial charge is 0.497 e. The van der Waals surface area contributed by atoms with Gasteiger partial charge in [-0.3, -0.25) is 0 Å². The van der Waals surface area contributed by atoms with Gasteiger partial charge in [0.25, 0.3) is 0 Å². The van der Waals surface area contributed by atoms with Crippen LogP contribution in [0.5, 0.6) is 17.2 Å². The van der Waals surface area contributed by atoms with E-state index in [2.05, 4.69) is 25.9 Å². The fourth-order valence-electron chi connectivity index (χ4n) is 4.48. The van der Waals surface area contributed by atoms with Crippen LogP contribution < -0.4 is 30.2 Å². The summed E-state index contributed by atoms with van der Waals surface area (Å²) in [5, 5.41) is 9.09. The van der Waals surface area contributed by atoms with Gasteiger partial charge in [0.15, 0.2) is 0 Å². The Morgan fingerprint density at radius 1 is 0.865 bits per heavy atom. The molecule has 2 saturated heterocycles. The van der Waals surface area contributed by atoms with Gasteiger partial charge in [-0.05, 0) is 30.3 Å². The zero-order valence-corrected chi connectivity index (χ0v) is 20.8. The fraction of sp³-hybridized carbons (Fsp3) is 0.346. The lowest BCUT2D eigenvalue weighted by atomic mass is 10.1. The lowest BCUT2D eigenvalue weighted by Gasteiger charge is -2.19. The van der Waals surface area contributed by atoms with Crippen LogP contribution in [0, 0.1) is 0 Å². The third-order valence-corrected chi connectivity index (χ3v) is 6.34. The molecule has 2 aromatic carbocycles. The minimum Gasteiger partial charge on any atom is -0.497 e. The maximum Gasteiger partial charge on any atom is 0.319 e. The molecule has 3 N–H and O–H groups in total. The summed E-state index contributed by atoms with van der Waals surface area (Å²) in [7, 11) is 4.74. The smallest absolute Gasteiger partial charge is 0.319 e. The Bertz CT molecular complexity index is 1220. The SMILES string of the molecule is COc1ccc(-c2ccnc(NC3COC4C(NC(=O)Nc5cc(OC)cc(OC)c5)COC34)n2)cc1. The molecule has 4 unspecified atom stereocenters. The van der Waals surface area contributed by atoms with E-state index in [-0.39, 0.29) is 30.3 Å². The van der Waals surface area contributed by atoms with Gasteiger partial charge in [0.05, 0.1) is 52.3 Å². The number of fused-ring (bicyclic) bond motifs is 1. The van der Waals surface area contributed by atoms with Crippen molar-refractivity contribution in [3.05, 3.63) is 54.7 Å². The Kier molecular flexibility index (Phi) is 7.24. The van der Waals surface area contributed by atoms with E-state index in [0.29, 0.717) is 36.3 Å². The summed E-state index contributed by atoms with van der Waals surface area (Å²) < 4.78 is 27.7. The average Bonchev–Trinajstić information content (AvgIpc) is 3.51. The average molecular weight is 508 g/mol. The summed E-state index contributed by atoms with van der Waals surface area (Å²) in [6.45, 7) is 0.730. The summed E-state index contributed by atoms with van der Waals surface area (Å²) in [6.07, 6.45) is 1.16. The van der Waals surface area contributed by atoms with Gasteiger partial charge in [-0.1, -0.05) is 0 Å². The number of nitrogens with zero attached hydrogens (tertiary/aromatic N) is 2. The maximum atomic E-state index is 12.7. The molecule has 2 fully saturated rings. The number of anilines is 2. The number of hydrogen-bond acceptors (Lipinski definition) is 9. The number of carbonyl (C=O) groups is 1. The van der Waals surface area contributed by atoms with Crippen LogP contribution in [0.3, 0.4) is 0 Å². The van der Waals surface area contributed by atoms with Crippen LogP contribution in [0.1, 0.15) is 0 Å². The number of nitrogens with one attached hydrogen (secondary N) is 3. The number of rotatable bonds is 8. The van der Waals surface area contributed by atoms with E-state index in [1.807, 2.05) is 30.3 Å². The quantitative estimate of drug-likeness (QED) is 0.422. The molecule has 11 heteroatoms. The second-order valence-electron chi connectivity index (χ2n) is 8.65. The van der Waals surface area contributed by atoms with Gasteiger partial charge in [0.2, 0.25) is 5.95 Å². The summed E-state index contributed by atoms with van der Waals surface area (Å²) in [6, 6.07) is 13.8. The number of ether oxygens (including phenoxy) is 5. The zero-order valence-electron chi connectivity index (χ0n) is 20.8. The highest BCUT2D eigenvalue weighted by Crippen LogP contribution is 2.30. The minimum atomic E-state index is -0.375. The minimum absolute atomic E-state index is 0.159. The van der Waals surface area contributed by atoms with E-state index in [9.17, 15) is 4.79 Å². The first-order chi connectivity index (χ1) is 18.1. The van der Waals surface area contributed by atoms with Crippen molar-refractivity contribution in [3.8, 4) is 28.5 Å². The van der Waals surface area contributed by atoms with Crippen LogP contribution in [0.15, 0.2) is 54.7 Å². The molecule has 194 valence electrons. The molecule has 0 saturated carbocycles. The highest BCUT2D eigenvalue weighted by Gasteiger charge is 2.48. The zero-order chi connectivity index (χ0) is 25.8. The Morgan fingerprint density at radius 2 is 1.51 bits per heavy atom. The molecule has 5 rings (SSSR count). The molecule has 0 radical (unpaired) electrons. The lowest BCUT2D eigenvalue weighted by Crippen LogP contribution is -2.46. The number of hydrogen-bond donors (Lipinski definition) is 3. The number of benzene rings is 2. The van der Waals surface area contributed by atoms with Gasteiger partial charge in [-0.15, -0.1) is 0 Å². The first kappa shape index (κ1) is 24.6. The van der Waals surface area contributed by atoms with Gasteiger partial charge in [0, 0.05) is 35.6 Å². The first-order valence-corrected chi connectivity index (χ1v) is 11.8. The molecule has 4 atom stereocenters. The van der Waals surface area contributed by atoms with Crippen LogP contribution in [-0.4, -0.2) is 74.8 Å². The van der Waals surface area contributed by atoms with Crippen LogP contribution in [0.4, 0.5) is 16.4 Å².